The molecule has 28 heavy (non-hydrogen) atoms. The van der Waals surface area contributed by atoms with E-state index in [4.69, 9.17) is 4.42 Å². The van der Waals surface area contributed by atoms with E-state index in [-0.39, 0.29) is 18.3 Å². The van der Waals surface area contributed by atoms with Crippen molar-refractivity contribution in [3.8, 4) is 11.5 Å². The lowest BCUT2D eigenvalue weighted by molar-refractivity contribution is -0.132. The van der Waals surface area contributed by atoms with Crippen molar-refractivity contribution in [2.75, 3.05) is 31.1 Å². The molecular formula is C20H19FN4O3. The minimum atomic E-state index is -0.712. The summed E-state index contributed by atoms with van der Waals surface area (Å²) < 4.78 is 19.1. The Hall–Kier alpha value is -3.42. The molecule has 1 aromatic heterocycles. The van der Waals surface area contributed by atoms with Crippen molar-refractivity contribution < 1.29 is 13.6 Å². The highest BCUT2D eigenvalue weighted by molar-refractivity contribution is 5.76. The number of hydrogen-bond acceptors (Lipinski definition) is 5. The molecule has 1 aliphatic heterocycles. The van der Waals surface area contributed by atoms with Gasteiger partial charge in [-0.05, 0) is 36.4 Å². The van der Waals surface area contributed by atoms with E-state index in [1.165, 1.54) is 24.3 Å². The molecule has 1 aliphatic rings. The number of carbonyl (C=O) groups is 1. The van der Waals surface area contributed by atoms with Crippen molar-refractivity contribution in [1.29, 1.82) is 0 Å². The van der Waals surface area contributed by atoms with Crippen LogP contribution >= 0.6 is 0 Å². The zero-order valence-electron chi connectivity index (χ0n) is 15.1. The van der Waals surface area contributed by atoms with E-state index >= 15 is 0 Å². The van der Waals surface area contributed by atoms with E-state index in [1.54, 1.807) is 4.90 Å². The average Bonchev–Trinajstić information content (AvgIpc) is 3.09. The minimum Gasteiger partial charge on any atom is -0.388 e. The van der Waals surface area contributed by atoms with E-state index in [9.17, 15) is 14.0 Å². The van der Waals surface area contributed by atoms with Crippen LogP contribution in [-0.2, 0) is 11.3 Å². The summed E-state index contributed by atoms with van der Waals surface area (Å²) >= 11 is 0. The number of anilines is 1. The fourth-order valence-electron chi connectivity index (χ4n) is 3.20. The summed E-state index contributed by atoms with van der Waals surface area (Å²) in [6.45, 7) is 2.42. The van der Waals surface area contributed by atoms with Gasteiger partial charge in [-0.2, -0.15) is 4.68 Å². The summed E-state index contributed by atoms with van der Waals surface area (Å²) in [6, 6.07) is 15.5. The molecule has 144 valence electrons. The van der Waals surface area contributed by atoms with Crippen LogP contribution in [0.3, 0.4) is 0 Å². The maximum Gasteiger partial charge on any atom is 0.437 e. The zero-order chi connectivity index (χ0) is 19.5. The second-order valence-corrected chi connectivity index (χ2v) is 6.54. The third-order valence-electron chi connectivity index (χ3n) is 4.74. The molecule has 8 heteroatoms. The Morgan fingerprint density at radius 3 is 2.36 bits per heavy atom. The number of piperazine rings is 1. The van der Waals surface area contributed by atoms with Crippen LogP contribution in [0.1, 0.15) is 0 Å². The minimum absolute atomic E-state index is 0.0618. The molecule has 1 fully saturated rings. The topological polar surface area (TPSA) is 71.6 Å². The van der Waals surface area contributed by atoms with Crippen LogP contribution < -0.4 is 10.7 Å². The lowest BCUT2D eigenvalue weighted by Crippen LogP contribution is -2.50. The van der Waals surface area contributed by atoms with Crippen molar-refractivity contribution in [3.63, 3.8) is 0 Å². The normalized spacial score (nSPS) is 14.3. The van der Waals surface area contributed by atoms with Crippen LogP contribution in [-0.4, -0.2) is 46.8 Å². The highest BCUT2D eigenvalue weighted by Gasteiger charge is 2.23. The van der Waals surface area contributed by atoms with Gasteiger partial charge in [0.1, 0.15) is 12.4 Å². The predicted octanol–water partition coefficient (Wildman–Crippen LogP) is 1.99. The largest absolute Gasteiger partial charge is 0.437 e. The standard InChI is InChI=1S/C20H19FN4O3/c21-16-8-6-15(7-9-16)19-22-25(20(27)28-19)14-18(26)24-12-10-23(11-13-24)17-4-2-1-3-5-17/h1-9H,10-14H2. The average molecular weight is 382 g/mol. The maximum absolute atomic E-state index is 13.0. The van der Waals surface area contributed by atoms with Gasteiger partial charge in [0.05, 0.1) is 0 Å². The van der Waals surface area contributed by atoms with Crippen LogP contribution in [0.5, 0.6) is 0 Å². The molecule has 4 rings (SSSR count). The molecule has 1 saturated heterocycles. The molecule has 2 heterocycles. The maximum atomic E-state index is 13.0. The van der Waals surface area contributed by atoms with Crippen LogP contribution in [0.2, 0.25) is 0 Å². The first-order valence-electron chi connectivity index (χ1n) is 9.02. The van der Waals surface area contributed by atoms with Gasteiger partial charge in [0.2, 0.25) is 11.8 Å². The van der Waals surface area contributed by atoms with Crippen molar-refractivity contribution in [2.45, 2.75) is 6.54 Å². The van der Waals surface area contributed by atoms with Crippen molar-refractivity contribution in [3.05, 3.63) is 71.0 Å². The van der Waals surface area contributed by atoms with Gasteiger partial charge in [0.15, 0.2) is 0 Å². The van der Waals surface area contributed by atoms with Crippen LogP contribution in [0.4, 0.5) is 10.1 Å². The number of halogens is 1. The van der Waals surface area contributed by atoms with Crippen molar-refractivity contribution in [1.82, 2.24) is 14.7 Å². The highest BCUT2D eigenvalue weighted by atomic mass is 19.1. The van der Waals surface area contributed by atoms with Gasteiger partial charge in [-0.1, -0.05) is 18.2 Å². The second kappa shape index (κ2) is 7.67. The van der Waals surface area contributed by atoms with E-state index < -0.39 is 11.6 Å². The molecule has 0 N–H and O–H groups in total. The Morgan fingerprint density at radius 2 is 1.68 bits per heavy atom. The number of rotatable bonds is 4. The summed E-state index contributed by atoms with van der Waals surface area (Å²) in [5.74, 6) is -1.23. The van der Waals surface area contributed by atoms with Gasteiger partial charge in [0, 0.05) is 37.4 Å². The monoisotopic (exact) mass is 382 g/mol. The Morgan fingerprint density at radius 1 is 1.00 bits per heavy atom. The molecular weight excluding hydrogens is 363 g/mol. The van der Waals surface area contributed by atoms with Crippen LogP contribution in [0.15, 0.2) is 63.8 Å². The van der Waals surface area contributed by atoms with E-state index in [2.05, 4.69) is 10.00 Å². The van der Waals surface area contributed by atoms with Crippen molar-refractivity contribution in [2.24, 2.45) is 0 Å². The van der Waals surface area contributed by atoms with E-state index in [1.807, 2.05) is 30.3 Å². The molecule has 0 saturated carbocycles. The Balaban J connectivity index is 1.39. The molecule has 0 aliphatic carbocycles. The first-order chi connectivity index (χ1) is 13.6. The van der Waals surface area contributed by atoms with E-state index in [0.717, 1.165) is 23.5 Å². The molecule has 1 amide bonds. The summed E-state index contributed by atoms with van der Waals surface area (Å²) in [4.78, 5) is 28.5. The number of nitrogens with zero attached hydrogens (tertiary/aromatic N) is 4. The SMILES string of the molecule is O=C(Cn1nc(-c2ccc(F)cc2)oc1=O)N1CCN(c2ccccc2)CC1. The molecule has 0 atom stereocenters. The number of benzene rings is 2. The quantitative estimate of drug-likeness (QED) is 0.690. The van der Waals surface area contributed by atoms with Crippen LogP contribution in [0.25, 0.3) is 11.5 Å². The van der Waals surface area contributed by atoms with Crippen molar-refractivity contribution >= 4 is 11.6 Å². The Labute approximate surface area is 160 Å². The fraction of sp³-hybridized carbons (Fsp3) is 0.250. The number of carbonyl (C=O) groups excluding carboxylic acids is 1. The fourth-order valence-corrected chi connectivity index (χ4v) is 3.20. The lowest BCUT2D eigenvalue weighted by Gasteiger charge is -2.36. The number of aromatic nitrogens is 2. The number of para-hydroxylation sites is 1. The van der Waals surface area contributed by atoms with E-state index in [0.29, 0.717) is 18.7 Å². The Bertz CT molecular complexity index is 1010. The first-order valence-corrected chi connectivity index (χ1v) is 9.02. The van der Waals surface area contributed by atoms with Gasteiger partial charge >= 0.3 is 5.76 Å². The second-order valence-electron chi connectivity index (χ2n) is 6.54. The van der Waals surface area contributed by atoms with Gasteiger partial charge < -0.3 is 14.2 Å². The molecule has 2 aromatic carbocycles. The van der Waals surface area contributed by atoms with Gasteiger partial charge in [-0.25, -0.2) is 9.18 Å². The first kappa shape index (κ1) is 18.0. The summed E-state index contributed by atoms with van der Waals surface area (Å²) in [6.07, 6.45) is 0. The highest BCUT2D eigenvalue weighted by Crippen LogP contribution is 2.17. The summed E-state index contributed by atoms with van der Waals surface area (Å²) in [7, 11) is 0. The molecule has 3 aromatic rings. The third kappa shape index (κ3) is 3.80. The molecule has 0 radical (unpaired) electrons. The van der Waals surface area contributed by atoms with Gasteiger partial charge in [-0.3, -0.25) is 4.79 Å². The molecule has 0 bridgehead atoms. The Kier molecular flexibility index (Phi) is 4.92. The number of hydrogen-bond donors (Lipinski definition) is 0. The number of amides is 1. The molecule has 0 spiro atoms. The lowest BCUT2D eigenvalue weighted by atomic mass is 10.2. The van der Waals surface area contributed by atoms with Gasteiger partial charge in [0.25, 0.3) is 0 Å². The molecule has 7 nitrogen and oxygen atoms in total. The van der Waals surface area contributed by atoms with Crippen LogP contribution in [0, 0.1) is 5.82 Å². The predicted molar refractivity (Wildman–Crippen MR) is 101 cm³/mol. The summed E-state index contributed by atoms with van der Waals surface area (Å²) in [5, 5.41) is 4.06. The third-order valence-corrected chi connectivity index (χ3v) is 4.74. The summed E-state index contributed by atoms with van der Waals surface area (Å²) in [5.41, 5.74) is 1.60. The zero-order valence-corrected chi connectivity index (χ0v) is 15.1. The molecule has 0 unspecified atom stereocenters. The van der Waals surface area contributed by atoms with Gasteiger partial charge in [-0.15, -0.1) is 5.10 Å². The smallest absolute Gasteiger partial charge is 0.388 e.